The van der Waals surface area contributed by atoms with E-state index in [0.29, 0.717) is 18.8 Å². The Kier molecular flexibility index (Phi) is 5.86. The summed E-state index contributed by atoms with van der Waals surface area (Å²) in [5.74, 6) is 0.290. The number of hydrogen-bond donors (Lipinski definition) is 1. The third-order valence-corrected chi connectivity index (χ3v) is 4.20. The van der Waals surface area contributed by atoms with Crippen LogP contribution < -0.4 is 10.1 Å². The van der Waals surface area contributed by atoms with Crippen molar-refractivity contribution in [3.63, 3.8) is 0 Å². The topological polar surface area (TPSA) is 56.1 Å². The molecule has 1 heterocycles. The minimum atomic E-state index is -0.424. The van der Waals surface area contributed by atoms with E-state index in [1.807, 2.05) is 43.3 Å². The average Bonchev–Trinajstić information content (AvgIpc) is 2.99. The molecular weight excluding hydrogens is 345 g/mol. The van der Waals surface area contributed by atoms with Crippen molar-refractivity contribution in [1.29, 1.82) is 0 Å². The summed E-state index contributed by atoms with van der Waals surface area (Å²) in [6, 6.07) is 16.5. The Morgan fingerprint density at radius 2 is 1.93 bits per heavy atom. The summed E-state index contributed by atoms with van der Waals surface area (Å²) in [5.41, 5.74) is 2.68. The number of anilines is 1. The van der Waals surface area contributed by atoms with Crippen molar-refractivity contribution in [2.45, 2.75) is 26.3 Å². The highest BCUT2D eigenvalue weighted by atomic mass is 19.1. The molecule has 0 atom stereocenters. The number of rotatable bonds is 7. The highest BCUT2D eigenvalue weighted by molar-refractivity contribution is 5.90. The molecule has 6 heteroatoms. The first-order valence-corrected chi connectivity index (χ1v) is 8.76. The van der Waals surface area contributed by atoms with E-state index in [-0.39, 0.29) is 18.1 Å². The number of carbonyl (C=O) groups excluding carboxylic acids is 1. The van der Waals surface area contributed by atoms with Crippen LogP contribution in [-0.4, -0.2) is 22.8 Å². The van der Waals surface area contributed by atoms with Gasteiger partial charge in [0, 0.05) is 12.5 Å². The summed E-state index contributed by atoms with van der Waals surface area (Å²) in [5, 5.41) is 7.35. The quantitative estimate of drug-likeness (QED) is 0.688. The number of hydrogen-bond acceptors (Lipinski definition) is 3. The smallest absolute Gasteiger partial charge is 0.225 e. The Hall–Kier alpha value is -3.15. The van der Waals surface area contributed by atoms with Gasteiger partial charge >= 0.3 is 0 Å². The van der Waals surface area contributed by atoms with Gasteiger partial charge in [0.05, 0.1) is 19.3 Å². The van der Waals surface area contributed by atoms with Crippen molar-refractivity contribution in [2.24, 2.45) is 0 Å². The van der Waals surface area contributed by atoms with Crippen LogP contribution in [0.15, 0.2) is 54.6 Å². The number of methoxy groups -OCH3 is 1. The molecule has 27 heavy (non-hydrogen) atoms. The van der Waals surface area contributed by atoms with E-state index in [2.05, 4.69) is 10.4 Å². The largest absolute Gasteiger partial charge is 0.494 e. The number of halogens is 1. The minimum Gasteiger partial charge on any atom is -0.494 e. The van der Waals surface area contributed by atoms with Crippen molar-refractivity contribution in [2.75, 3.05) is 12.4 Å². The van der Waals surface area contributed by atoms with E-state index in [4.69, 9.17) is 4.74 Å². The highest BCUT2D eigenvalue weighted by Crippen LogP contribution is 2.19. The monoisotopic (exact) mass is 367 g/mol. The molecule has 2 aromatic carbocycles. The third-order valence-electron chi connectivity index (χ3n) is 4.20. The lowest BCUT2D eigenvalue weighted by Gasteiger charge is -2.09. The first-order chi connectivity index (χ1) is 13.0. The average molecular weight is 367 g/mol. The molecule has 0 unspecified atom stereocenters. The van der Waals surface area contributed by atoms with Crippen LogP contribution in [0.2, 0.25) is 0 Å². The van der Waals surface area contributed by atoms with Crippen molar-refractivity contribution in [3.05, 3.63) is 77.2 Å². The molecule has 0 saturated heterocycles. The zero-order valence-corrected chi connectivity index (χ0v) is 15.4. The Labute approximate surface area is 157 Å². The van der Waals surface area contributed by atoms with E-state index in [1.165, 1.54) is 13.2 Å². The normalized spacial score (nSPS) is 10.6. The van der Waals surface area contributed by atoms with Crippen LogP contribution in [0.1, 0.15) is 23.2 Å². The summed E-state index contributed by atoms with van der Waals surface area (Å²) in [4.78, 5) is 12.3. The molecule has 140 valence electrons. The van der Waals surface area contributed by atoms with Crippen molar-refractivity contribution >= 4 is 11.7 Å². The van der Waals surface area contributed by atoms with Crippen LogP contribution in [-0.2, 0) is 17.8 Å². The summed E-state index contributed by atoms with van der Waals surface area (Å²) >= 11 is 0. The number of aryl methyl sites for hydroxylation is 2. The number of amides is 1. The predicted molar refractivity (Wildman–Crippen MR) is 102 cm³/mol. The fourth-order valence-corrected chi connectivity index (χ4v) is 2.85. The summed E-state index contributed by atoms with van der Waals surface area (Å²) < 4.78 is 20.4. The molecule has 0 spiro atoms. The predicted octanol–water partition coefficient (Wildman–Crippen LogP) is 3.96. The third kappa shape index (κ3) is 4.94. The molecule has 0 fully saturated rings. The molecular formula is C21H22FN3O2. The summed E-state index contributed by atoms with van der Waals surface area (Å²) in [6.45, 7) is 2.46. The molecule has 3 aromatic rings. The second-order valence-electron chi connectivity index (χ2n) is 6.33. The zero-order valence-electron chi connectivity index (χ0n) is 15.4. The lowest BCUT2D eigenvalue weighted by Crippen LogP contribution is -2.16. The molecule has 1 amide bonds. The fourth-order valence-electron chi connectivity index (χ4n) is 2.85. The first kappa shape index (κ1) is 18.6. The number of benzene rings is 2. The first-order valence-electron chi connectivity index (χ1n) is 8.76. The fraction of sp³-hybridized carbons (Fsp3) is 0.238. The number of aromatic nitrogens is 2. The Morgan fingerprint density at radius 1 is 1.15 bits per heavy atom. The standard InChI is InChI=1S/C21H22FN3O2/c1-15-12-20(25(24-15)14-17-6-4-3-5-7-17)23-21(26)11-9-16-8-10-19(27-2)18(22)13-16/h3-8,10,12-13H,9,11,14H2,1-2H3,(H,23,26). The summed E-state index contributed by atoms with van der Waals surface area (Å²) in [6.07, 6.45) is 0.694. The van der Waals surface area contributed by atoms with Crippen LogP contribution >= 0.6 is 0 Å². The molecule has 0 aliphatic rings. The second kappa shape index (κ2) is 8.49. The maximum Gasteiger partial charge on any atom is 0.225 e. The van der Waals surface area contributed by atoms with Crippen LogP contribution in [0.3, 0.4) is 0 Å². The van der Waals surface area contributed by atoms with E-state index in [1.54, 1.807) is 16.8 Å². The van der Waals surface area contributed by atoms with Gasteiger partial charge < -0.3 is 10.1 Å². The molecule has 0 radical (unpaired) electrons. The number of nitrogens with zero attached hydrogens (tertiary/aromatic N) is 2. The number of nitrogens with one attached hydrogen (secondary N) is 1. The van der Waals surface area contributed by atoms with Crippen molar-refractivity contribution in [1.82, 2.24) is 9.78 Å². The molecule has 5 nitrogen and oxygen atoms in total. The molecule has 0 saturated carbocycles. The molecule has 0 aliphatic carbocycles. The van der Waals surface area contributed by atoms with Gasteiger partial charge in [0.1, 0.15) is 5.82 Å². The maximum absolute atomic E-state index is 13.7. The molecule has 3 rings (SSSR count). The van der Waals surface area contributed by atoms with Gasteiger partial charge in [0.15, 0.2) is 11.6 Å². The van der Waals surface area contributed by atoms with E-state index < -0.39 is 5.82 Å². The van der Waals surface area contributed by atoms with Crippen LogP contribution in [0.4, 0.5) is 10.2 Å². The Balaban J connectivity index is 1.62. The van der Waals surface area contributed by atoms with E-state index in [0.717, 1.165) is 16.8 Å². The van der Waals surface area contributed by atoms with Gasteiger partial charge in [-0.25, -0.2) is 9.07 Å². The van der Waals surface area contributed by atoms with Gasteiger partial charge in [0.2, 0.25) is 5.91 Å². The molecule has 0 aliphatic heterocycles. The lowest BCUT2D eigenvalue weighted by molar-refractivity contribution is -0.116. The molecule has 0 bridgehead atoms. The van der Waals surface area contributed by atoms with Crippen LogP contribution in [0.5, 0.6) is 5.75 Å². The maximum atomic E-state index is 13.7. The van der Waals surface area contributed by atoms with Gasteiger partial charge in [-0.05, 0) is 36.6 Å². The lowest BCUT2D eigenvalue weighted by atomic mass is 10.1. The van der Waals surface area contributed by atoms with Gasteiger partial charge in [-0.15, -0.1) is 0 Å². The Morgan fingerprint density at radius 3 is 2.63 bits per heavy atom. The Bertz CT molecular complexity index is 922. The van der Waals surface area contributed by atoms with Crippen molar-refractivity contribution < 1.29 is 13.9 Å². The van der Waals surface area contributed by atoms with Gasteiger partial charge in [-0.3, -0.25) is 4.79 Å². The number of ether oxygens (including phenoxy) is 1. The van der Waals surface area contributed by atoms with Crippen LogP contribution in [0, 0.1) is 12.7 Å². The minimum absolute atomic E-state index is 0.138. The molecule has 1 aromatic heterocycles. The zero-order chi connectivity index (χ0) is 19.2. The van der Waals surface area contributed by atoms with E-state index >= 15 is 0 Å². The van der Waals surface area contributed by atoms with Crippen LogP contribution in [0.25, 0.3) is 0 Å². The van der Waals surface area contributed by atoms with Gasteiger partial charge in [-0.2, -0.15) is 5.10 Å². The SMILES string of the molecule is COc1ccc(CCC(=O)Nc2cc(C)nn2Cc2ccccc2)cc1F. The van der Waals surface area contributed by atoms with Crippen molar-refractivity contribution in [3.8, 4) is 5.75 Å². The number of carbonyl (C=O) groups is 1. The second-order valence-corrected chi connectivity index (χ2v) is 6.33. The van der Waals surface area contributed by atoms with E-state index in [9.17, 15) is 9.18 Å². The molecule has 1 N–H and O–H groups in total. The highest BCUT2D eigenvalue weighted by Gasteiger charge is 2.11. The van der Waals surface area contributed by atoms with Gasteiger partial charge in [-0.1, -0.05) is 36.4 Å². The summed E-state index contributed by atoms with van der Waals surface area (Å²) in [7, 11) is 1.42. The van der Waals surface area contributed by atoms with Gasteiger partial charge in [0.25, 0.3) is 0 Å².